The number of amides is 1. The molecule has 1 unspecified atom stereocenters. The van der Waals surface area contributed by atoms with Crippen molar-refractivity contribution in [3.63, 3.8) is 0 Å². The van der Waals surface area contributed by atoms with Gasteiger partial charge in [-0.25, -0.2) is 12.8 Å². The van der Waals surface area contributed by atoms with Crippen molar-refractivity contribution in [1.82, 2.24) is 9.62 Å². The van der Waals surface area contributed by atoms with Gasteiger partial charge in [-0.1, -0.05) is 0 Å². The minimum Gasteiger partial charge on any atom is -0.375 e. The number of sulfonamides is 1. The van der Waals surface area contributed by atoms with Gasteiger partial charge in [0.2, 0.25) is 15.9 Å². The predicted octanol–water partition coefficient (Wildman–Crippen LogP) is 2.30. The topological polar surface area (TPSA) is 75.7 Å². The molecule has 2 fully saturated rings. The summed E-state index contributed by atoms with van der Waals surface area (Å²) in [5, 5.41) is 2.84. The lowest BCUT2D eigenvalue weighted by atomic mass is 9.79. The SMILES string of the molecule is CC(=O)NCCC1CCOC2(CCN(S(=O)(=O)c3ccc(F)cc3)CC2)C1. The molecule has 8 heteroatoms. The lowest BCUT2D eigenvalue weighted by molar-refractivity contribution is -0.122. The van der Waals surface area contributed by atoms with Crippen LogP contribution in [-0.4, -0.2) is 50.5 Å². The van der Waals surface area contributed by atoms with Crippen molar-refractivity contribution in [3.05, 3.63) is 30.1 Å². The number of nitrogens with one attached hydrogen (secondary N) is 1. The van der Waals surface area contributed by atoms with Crippen LogP contribution in [0.5, 0.6) is 0 Å². The summed E-state index contributed by atoms with van der Waals surface area (Å²) in [4.78, 5) is 11.2. The van der Waals surface area contributed by atoms with E-state index in [1.165, 1.54) is 35.5 Å². The summed E-state index contributed by atoms with van der Waals surface area (Å²) in [6, 6.07) is 4.96. The number of rotatable bonds is 5. The van der Waals surface area contributed by atoms with Gasteiger partial charge in [-0.3, -0.25) is 4.79 Å². The molecule has 2 aliphatic heterocycles. The lowest BCUT2D eigenvalue weighted by Crippen LogP contribution is -2.50. The van der Waals surface area contributed by atoms with Crippen LogP contribution >= 0.6 is 0 Å². The summed E-state index contributed by atoms with van der Waals surface area (Å²) in [5.41, 5.74) is -0.270. The smallest absolute Gasteiger partial charge is 0.243 e. The standard InChI is InChI=1S/C19H27FN2O4S/c1-15(23)21-10-6-16-7-13-26-19(14-16)8-11-22(12-9-19)27(24,25)18-4-2-17(20)3-5-18/h2-5,16H,6-14H2,1H3,(H,21,23). The van der Waals surface area contributed by atoms with Gasteiger partial charge in [-0.2, -0.15) is 4.31 Å². The molecule has 0 bridgehead atoms. The summed E-state index contributed by atoms with van der Waals surface area (Å²) in [7, 11) is -3.61. The molecule has 6 nitrogen and oxygen atoms in total. The maximum absolute atomic E-state index is 13.1. The highest BCUT2D eigenvalue weighted by molar-refractivity contribution is 7.89. The van der Waals surface area contributed by atoms with Gasteiger partial charge < -0.3 is 10.1 Å². The molecular weight excluding hydrogens is 371 g/mol. The van der Waals surface area contributed by atoms with Gasteiger partial charge >= 0.3 is 0 Å². The summed E-state index contributed by atoms with van der Waals surface area (Å²) < 4.78 is 46.2. The van der Waals surface area contributed by atoms with Crippen molar-refractivity contribution >= 4 is 15.9 Å². The minimum absolute atomic E-state index is 0.0175. The Balaban J connectivity index is 1.59. The first-order chi connectivity index (χ1) is 12.8. The summed E-state index contributed by atoms with van der Waals surface area (Å²) in [6.07, 6.45) is 4.10. The van der Waals surface area contributed by atoms with Crippen LogP contribution in [0.1, 0.15) is 39.0 Å². The van der Waals surface area contributed by atoms with Gasteiger partial charge in [0.15, 0.2) is 0 Å². The summed E-state index contributed by atoms with van der Waals surface area (Å²) in [5.74, 6) is 0.00870. The predicted molar refractivity (Wildman–Crippen MR) is 99.1 cm³/mol. The maximum Gasteiger partial charge on any atom is 0.243 e. The highest BCUT2D eigenvalue weighted by Gasteiger charge is 2.42. The van der Waals surface area contributed by atoms with E-state index >= 15 is 0 Å². The third-order valence-corrected chi connectivity index (χ3v) is 7.52. The summed E-state index contributed by atoms with van der Waals surface area (Å²) >= 11 is 0. The fourth-order valence-corrected chi connectivity index (χ4v) is 5.51. The van der Waals surface area contributed by atoms with Crippen molar-refractivity contribution in [2.24, 2.45) is 5.92 Å². The van der Waals surface area contributed by atoms with Crippen molar-refractivity contribution in [2.75, 3.05) is 26.2 Å². The van der Waals surface area contributed by atoms with E-state index in [4.69, 9.17) is 4.74 Å². The first kappa shape index (κ1) is 20.2. The van der Waals surface area contributed by atoms with Gasteiger partial charge in [-0.05, 0) is 62.3 Å². The van der Waals surface area contributed by atoms with E-state index in [0.29, 0.717) is 45.0 Å². The Morgan fingerprint density at radius 3 is 2.59 bits per heavy atom. The number of hydrogen-bond donors (Lipinski definition) is 1. The van der Waals surface area contributed by atoms with E-state index < -0.39 is 15.8 Å². The monoisotopic (exact) mass is 398 g/mol. The molecule has 1 spiro atoms. The molecule has 2 heterocycles. The van der Waals surface area contributed by atoms with Crippen molar-refractivity contribution in [3.8, 4) is 0 Å². The number of piperidine rings is 1. The molecule has 0 aliphatic carbocycles. The van der Waals surface area contributed by atoms with Crippen LogP contribution in [0.4, 0.5) is 4.39 Å². The molecule has 1 atom stereocenters. The molecule has 1 amide bonds. The Labute approximate surface area is 160 Å². The van der Waals surface area contributed by atoms with Gasteiger partial charge in [0.25, 0.3) is 0 Å². The molecular formula is C19H27FN2O4S. The van der Waals surface area contributed by atoms with E-state index in [1.807, 2.05) is 0 Å². The third-order valence-electron chi connectivity index (χ3n) is 5.61. The molecule has 1 aromatic rings. The van der Waals surface area contributed by atoms with Crippen LogP contribution in [-0.2, 0) is 19.6 Å². The second-order valence-electron chi connectivity index (χ2n) is 7.52. The highest BCUT2D eigenvalue weighted by Crippen LogP contribution is 2.39. The fraction of sp³-hybridized carbons (Fsp3) is 0.632. The fourth-order valence-electron chi connectivity index (χ4n) is 4.07. The van der Waals surface area contributed by atoms with E-state index in [9.17, 15) is 17.6 Å². The number of ether oxygens (including phenoxy) is 1. The Kier molecular flexibility index (Phi) is 6.18. The van der Waals surface area contributed by atoms with E-state index in [-0.39, 0.29) is 16.4 Å². The van der Waals surface area contributed by atoms with Crippen LogP contribution in [0.2, 0.25) is 0 Å². The highest BCUT2D eigenvalue weighted by atomic mass is 32.2. The number of nitrogens with zero attached hydrogens (tertiary/aromatic N) is 1. The molecule has 27 heavy (non-hydrogen) atoms. The largest absolute Gasteiger partial charge is 0.375 e. The second kappa shape index (κ2) is 8.24. The zero-order valence-electron chi connectivity index (χ0n) is 15.6. The third kappa shape index (κ3) is 4.86. The number of hydrogen-bond acceptors (Lipinski definition) is 4. The van der Waals surface area contributed by atoms with E-state index in [1.54, 1.807) is 0 Å². The van der Waals surface area contributed by atoms with E-state index in [2.05, 4.69) is 5.32 Å². The van der Waals surface area contributed by atoms with Crippen molar-refractivity contribution < 1.29 is 22.3 Å². The molecule has 2 saturated heterocycles. The molecule has 1 N–H and O–H groups in total. The Hall–Kier alpha value is -1.51. The number of carbonyl (C=O) groups excluding carboxylic acids is 1. The van der Waals surface area contributed by atoms with Gasteiger partial charge in [-0.15, -0.1) is 0 Å². The quantitative estimate of drug-likeness (QED) is 0.826. The Morgan fingerprint density at radius 1 is 1.30 bits per heavy atom. The lowest BCUT2D eigenvalue weighted by Gasteiger charge is -2.46. The molecule has 0 saturated carbocycles. The first-order valence-corrected chi connectivity index (χ1v) is 10.9. The molecule has 2 aliphatic rings. The summed E-state index contributed by atoms with van der Waals surface area (Å²) in [6.45, 7) is 3.66. The van der Waals surface area contributed by atoms with Crippen LogP contribution in [0.3, 0.4) is 0 Å². The van der Waals surface area contributed by atoms with Crippen LogP contribution in [0.25, 0.3) is 0 Å². The van der Waals surface area contributed by atoms with Crippen LogP contribution in [0, 0.1) is 11.7 Å². The number of benzene rings is 1. The molecule has 3 rings (SSSR count). The molecule has 0 radical (unpaired) electrons. The van der Waals surface area contributed by atoms with Gasteiger partial charge in [0.1, 0.15) is 5.82 Å². The molecule has 0 aromatic heterocycles. The average Bonchev–Trinajstić information content (AvgIpc) is 2.62. The normalized spacial score (nSPS) is 23.3. The molecule has 1 aromatic carbocycles. The van der Waals surface area contributed by atoms with Crippen molar-refractivity contribution in [2.45, 2.75) is 49.5 Å². The second-order valence-corrected chi connectivity index (χ2v) is 9.46. The molecule has 150 valence electrons. The van der Waals surface area contributed by atoms with Crippen LogP contribution in [0.15, 0.2) is 29.2 Å². The van der Waals surface area contributed by atoms with Gasteiger partial charge in [0, 0.05) is 33.2 Å². The minimum atomic E-state index is -3.61. The zero-order valence-corrected chi connectivity index (χ0v) is 16.4. The first-order valence-electron chi connectivity index (χ1n) is 9.45. The number of halogens is 1. The average molecular weight is 399 g/mol. The number of carbonyl (C=O) groups is 1. The van der Waals surface area contributed by atoms with E-state index in [0.717, 1.165) is 19.3 Å². The Morgan fingerprint density at radius 2 is 1.96 bits per heavy atom. The zero-order chi connectivity index (χ0) is 19.5. The van der Waals surface area contributed by atoms with Crippen molar-refractivity contribution in [1.29, 1.82) is 0 Å². The van der Waals surface area contributed by atoms with Gasteiger partial charge in [0.05, 0.1) is 10.5 Å². The van der Waals surface area contributed by atoms with Crippen LogP contribution < -0.4 is 5.32 Å². The maximum atomic E-state index is 13.1. The Bertz CT molecular complexity index is 758.